The average molecular weight is 343 g/mol. The number of hydrogen-bond acceptors (Lipinski definition) is 3. The van der Waals surface area contributed by atoms with E-state index >= 15 is 0 Å². The van der Waals surface area contributed by atoms with Crippen molar-refractivity contribution in [3.05, 3.63) is 33.2 Å². The van der Waals surface area contributed by atoms with Gasteiger partial charge in [0.05, 0.1) is 0 Å². The average Bonchev–Trinajstić information content (AvgIpc) is 2.89. The number of carbonyl (C=O) groups is 1. The summed E-state index contributed by atoms with van der Waals surface area (Å²) in [6, 6.07) is 3.32. The normalized spacial score (nSPS) is 18.5. The third-order valence-corrected chi connectivity index (χ3v) is 4.12. The third-order valence-electron chi connectivity index (χ3n) is 3.65. The van der Waals surface area contributed by atoms with Gasteiger partial charge < -0.3 is 14.6 Å². The molecule has 1 amide bonds. The summed E-state index contributed by atoms with van der Waals surface area (Å²) >= 11 is 3.30. The van der Waals surface area contributed by atoms with E-state index in [1.54, 1.807) is 12.3 Å². The summed E-state index contributed by atoms with van der Waals surface area (Å²) in [5.41, 5.74) is -0.173. The van der Waals surface area contributed by atoms with Gasteiger partial charge in [0.15, 0.2) is 0 Å². The van der Waals surface area contributed by atoms with Gasteiger partial charge >= 0.3 is 0 Å². The molecule has 1 unspecified atom stereocenters. The summed E-state index contributed by atoms with van der Waals surface area (Å²) in [6.07, 6.45) is 5.16. The molecule has 6 heteroatoms. The van der Waals surface area contributed by atoms with Crippen LogP contribution in [0.4, 0.5) is 0 Å². The molecule has 1 aliphatic heterocycles. The molecule has 0 aliphatic carbocycles. The van der Waals surface area contributed by atoms with Gasteiger partial charge in [-0.25, -0.2) is 0 Å². The first-order valence-corrected chi connectivity index (χ1v) is 7.67. The van der Waals surface area contributed by atoms with Crippen molar-refractivity contribution in [1.82, 2.24) is 9.47 Å². The van der Waals surface area contributed by atoms with Crippen molar-refractivity contribution in [3.63, 3.8) is 0 Å². The lowest BCUT2D eigenvalue weighted by molar-refractivity contribution is -0.132. The Bertz CT molecular complexity index is 529. The minimum Gasteiger partial charge on any atom is -0.396 e. The van der Waals surface area contributed by atoms with Crippen LogP contribution in [0.25, 0.3) is 0 Å². The maximum Gasteiger partial charge on any atom is 0.251 e. The second-order valence-electron chi connectivity index (χ2n) is 5.06. The minimum absolute atomic E-state index is 0.0226. The van der Waals surface area contributed by atoms with Crippen molar-refractivity contribution in [2.75, 3.05) is 13.2 Å². The summed E-state index contributed by atoms with van der Waals surface area (Å²) in [6.45, 7) is 0.981. The molecule has 1 aromatic rings. The van der Waals surface area contributed by atoms with E-state index in [-0.39, 0.29) is 30.7 Å². The highest BCUT2D eigenvalue weighted by molar-refractivity contribution is 9.10. The van der Waals surface area contributed by atoms with E-state index in [0.29, 0.717) is 6.42 Å². The quantitative estimate of drug-likeness (QED) is 0.879. The summed E-state index contributed by atoms with van der Waals surface area (Å²) in [5, 5.41) is 8.90. The number of aliphatic hydroxyl groups is 1. The molecule has 0 radical (unpaired) electrons. The second kappa shape index (κ2) is 7.04. The number of pyridine rings is 1. The van der Waals surface area contributed by atoms with Crippen LogP contribution in [0, 0.1) is 0 Å². The van der Waals surface area contributed by atoms with E-state index in [1.165, 1.54) is 10.6 Å². The lowest BCUT2D eigenvalue weighted by atomic mass is 10.1. The molecule has 1 N–H and O–H groups in total. The highest BCUT2D eigenvalue weighted by Gasteiger charge is 2.28. The van der Waals surface area contributed by atoms with Gasteiger partial charge in [0.2, 0.25) is 5.91 Å². The van der Waals surface area contributed by atoms with Crippen LogP contribution in [0.1, 0.15) is 25.7 Å². The number of likely N-dealkylation sites (tertiary alicyclic amines) is 1. The first kappa shape index (κ1) is 15.3. The van der Waals surface area contributed by atoms with Gasteiger partial charge in [0, 0.05) is 35.9 Å². The fourth-order valence-electron chi connectivity index (χ4n) is 2.65. The maximum absolute atomic E-state index is 12.3. The zero-order valence-corrected chi connectivity index (χ0v) is 12.9. The first-order chi connectivity index (χ1) is 9.61. The van der Waals surface area contributed by atoms with E-state index < -0.39 is 0 Å². The Morgan fingerprint density at radius 2 is 2.25 bits per heavy atom. The van der Waals surface area contributed by atoms with E-state index in [2.05, 4.69) is 15.9 Å². The molecule has 0 spiro atoms. The fourth-order valence-corrected chi connectivity index (χ4v) is 3.03. The number of aliphatic hydroxyl groups excluding tert-OH is 1. The second-order valence-corrected chi connectivity index (χ2v) is 5.98. The molecule has 2 heterocycles. The van der Waals surface area contributed by atoms with Gasteiger partial charge in [-0.2, -0.15) is 0 Å². The van der Waals surface area contributed by atoms with Gasteiger partial charge in [0.1, 0.15) is 6.54 Å². The molecule has 2 rings (SSSR count). The van der Waals surface area contributed by atoms with Gasteiger partial charge in [-0.1, -0.05) is 0 Å². The highest BCUT2D eigenvalue weighted by Crippen LogP contribution is 2.21. The monoisotopic (exact) mass is 342 g/mol. The summed E-state index contributed by atoms with van der Waals surface area (Å²) < 4.78 is 2.21. The fraction of sp³-hybridized carbons (Fsp3) is 0.571. The van der Waals surface area contributed by atoms with Crippen molar-refractivity contribution in [2.45, 2.75) is 38.3 Å². The molecule has 1 saturated heterocycles. The van der Waals surface area contributed by atoms with Gasteiger partial charge in [-0.05, 0) is 47.7 Å². The molecule has 1 aliphatic rings. The largest absolute Gasteiger partial charge is 0.396 e. The van der Waals surface area contributed by atoms with Crippen LogP contribution >= 0.6 is 15.9 Å². The van der Waals surface area contributed by atoms with Gasteiger partial charge in [-0.3, -0.25) is 9.59 Å². The van der Waals surface area contributed by atoms with E-state index in [1.807, 2.05) is 4.90 Å². The molecular weight excluding hydrogens is 324 g/mol. The molecule has 110 valence electrons. The molecule has 0 bridgehead atoms. The molecule has 0 aromatic carbocycles. The van der Waals surface area contributed by atoms with Crippen molar-refractivity contribution < 1.29 is 9.90 Å². The number of carbonyl (C=O) groups excluding carboxylic acids is 1. The molecule has 5 nitrogen and oxygen atoms in total. The number of rotatable bonds is 5. The van der Waals surface area contributed by atoms with E-state index in [4.69, 9.17) is 5.11 Å². The smallest absolute Gasteiger partial charge is 0.251 e. The first-order valence-electron chi connectivity index (χ1n) is 6.88. The van der Waals surface area contributed by atoms with Crippen LogP contribution in [0.15, 0.2) is 27.6 Å². The predicted octanol–water partition coefficient (Wildman–Crippen LogP) is 1.37. The SMILES string of the molecule is O=C(Cn1cc(Br)ccc1=O)N1CCCC1CCCO. The Kier molecular flexibility index (Phi) is 5.37. The van der Waals surface area contributed by atoms with Crippen LogP contribution in [0.5, 0.6) is 0 Å². The molecule has 1 aromatic heterocycles. The predicted molar refractivity (Wildman–Crippen MR) is 79.5 cm³/mol. The van der Waals surface area contributed by atoms with Crippen LogP contribution in [-0.2, 0) is 11.3 Å². The van der Waals surface area contributed by atoms with Crippen LogP contribution < -0.4 is 5.56 Å². The molecular formula is C14H19BrN2O3. The maximum atomic E-state index is 12.3. The van der Waals surface area contributed by atoms with Crippen LogP contribution in [-0.4, -0.2) is 39.7 Å². The Labute approximate surface area is 126 Å². The summed E-state index contributed by atoms with van der Waals surface area (Å²) in [4.78, 5) is 25.9. The minimum atomic E-state index is -0.173. The lowest BCUT2D eigenvalue weighted by Crippen LogP contribution is -2.39. The van der Waals surface area contributed by atoms with E-state index in [0.717, 1.165) is 30.3 Å². The zero-order chi connectivity index (χ0) is 14.5. The Balaban J connectivity index is 2.03. The highest BCUT2D eigenvalue weighted by atomic mass is 79.9. The molecule has 1 atom stereocenters. The van der Waals surface area contributed by atoms with Crippen molar-refractivity contribution in [1.29, 1.82) is 0 Å². The summed E-state index contributed by atoms with van der Waals surface area (Å²) in [5.74, 6) is -0.0226. The molecule has 0 saturated carbocycles. The number of hydrogen-bond donors (Lipinski definition) is 1. The lowest BCUT2D eigenvalue weighted by Gasteiger charge is -2.25. The number of halogens is 1. The zero-order valence-electron chi connectivity index (χ0n) is 11.3. The number of amides is 1. The Hall–Kier alpha value is -1.14. The van der Waals surface area contributed by atoms with Gasteiger partial charge in [-0.15, -0.1) is 0 Å². The van der Waals surface area contributed by atoms with Crippen molar-refractivity contribution in [2.24, 2.45) is 0 Å². The summed E-state index contributed by atoms with van der Waals surface area (Å²) in [7, 11) is 0. The number of nitrogens with zero attached hydrogens (tertiary/aromatic N) is 2. The van der Waals surface area contributed by atoms with Crippen molar-refractivity contribution in [3.8, 4) is 0 Å². The standard InChI is InChI=1S/C14H19BrN2O3/c15-11-5-6-13(19)16(9-11)10-14(20)17-7-1-3-12(17)4-2-8-18/h5-6,9,12,18H,1-4,7-8,10H2. The van der Waals surface area contributed by atoms with Crippen molar-refractivity contribution >= 4 is 21.8 Å². The van der Waals surface area contributed by atoms with E-state index in [9.17, 15) is 9.59 Å². The Morgan fingerprint density at radius 3 is 3.00 bits per heavy atom. The van der Waals surface area contributed by atoms with Gasteiger partial charge in [0.25, 0.3) is 5.56 Å². The number of aromatic nitrogens is 1. The molecule has 1 fully saturated rings. The topological polar surface area (TPSA) is 62.5 Å². The third kappa shape index (κ3) is 3.70. The van der Waals surface area contributed by atoms with Crippen LogP contribution in [0.3, 0.4) is 0 Å². The van der Waals surface area contributed by atoms with Crippen LogP contribution in [0.2, 0.25) is 0 Å². The Morgan fingerprint density at radius 1 is 1.45 bits per heavy atom. The molecule has 20 heavy (non-hydrogen) atoms.